The first-order valence-electron chi connectivity index (χ1n) is 7.36. The Labute approximate surface area is 151 Å². The van der Waals surface area contributed by atoms with Crippen molar-refractivity contribution < 1.29 is 4.79 Å². The molecule has 3 aromatic rings. The van der Waals surface area contributed by atoms with E-state index in [4.69, 9.17) is 11.6 Å². The van der Waals surface area contributed by atoms with Gasteiger partial charge in [0.25, 0.3) is 5.56 Å². The number of amides is 1. The highest BCUT2D eigenvalue weighted by Crippen LogP contribution is 2.25. The van der Waals surface area contributed by atoms with Crippen LogP contribution in [0.2, 0.25) is 5.02 Å². The zero-order chi connectivity index (χ0) is 17.8. The van der Waals surface area contributed by atoms with Crippen LogP contribution in [0.5, 0.6) is 0 Å². The molecule has 128 valence electrons. The molecule has 0 spiro atoms. The Kier molecular flexibility index (Phi) is 5.15. The van der Waals surface area contributed by atoms with Crippen LogP contribution in [0.4, 0.5) is 0 Å². The van der Waals surface area contributed by atoms with Gasteiger partial charge >= 0.3 is 0 Å². The zero-order valence-electron chi connectivity index (χ0n) is 13.1. The molecule has 0 radical (unpaired) electrons. The minimum Gasteiger partial charge on any atom is -0.355 e. The molecule has 10 heteroatoms. The first-order chi connectivity index (χ1) is 12.1. The summed E-state index contributed by atoms with van der Waals surface area (Å²) in [7, 11) is 0. The number of halogens is 1. The summed E-state index contributed by atoms with van der Waals surface area (Å²) in [6.07, 6.45) is 3.17. The van der Waals surface area contributed by atoms with Crippen molar-refractivity contribution in [1.29, 1.82) is 0 Å². The number of carbonyl (C=O) groups excluding carboxylic acids is 1. The number of likely N-dealkylation sites (N-methyl/N-ethyl adjacent to an activating group) is 1. The van der Waals surface area contributed by atoms with Crippen LogP contribution in [0.15, 0.2) is 35.4 Å². The van der Waals surface area contributed by atoms with E-state index < -0.39 is 0 Å². The van der Waals surface area contributed by atoms with Crippen LogP contribution in [0.1, 0.15) is 6.92 Å². The second-order valence-electron chi connectivity index (χ2n) is 4.98. The molecule has 3 heterocycles. The molecular formula is C15H13ClN6O2S. The van der Waals surface area contributed by atoms with Crippen LogP contribution in [0.3, 0.4) is 0 Å². The first kappa shape index (κ1) is 17.2. The molecule has 0 aliphatic carbocycles. The predicted molar refractivity (Wildman–Crippen MR) is 94.3 cm³/mol. The van der Waals surface area contributed by atoms with Gasteiger partial charge < -0.3 is 5.32 Å². The van der Waals surface area contributed by atoms with E-state index in [1.54, 1.807) is 19.2 Å². The highest BCUT2D eigenvalue weighted by Gasteiger charge is 2.13. The minimum absolute atomic E-state index is 0.157. The Bertz CT molecular complexity index is 970. The maximum Gasteiger partial charge on any atom is 0.267 e. The lowest BCUT2D eigenvalue weighted by molar-refractivity contribution is -0.121. The third-order valence-corrected chi connectivity index (χ3v) is 4.11. The number of aromatic nitrogens is 5. The topological polar surface area (TPSA) is 103 Å². The smallest absolute Gasteiger partial charge is 0.267 e. The summed E-state index contributed by atoms with van der Waals surface area (Å²) >= 11 is 7.11. The Morgan fingerprint density at radius 2 is 2.20 bits per heavy atom. The van der Waals surface area contributed by atoms with Crippen molar-refractivity contribution in [3.63, 3.8) is 0 Å². The lowest BCUT2D eigenvalue weighted by atomic mass is 10.3. The first-order valence-corrected chi connectivity index (χ1v) is 8.52. The van der Waals surface area contributed by atoms with Gasteiger partial charge in [0.15, 0.2) is 5.82 Å². The molecule has 0 unspecified atom stereocenters. The molecule has 1 N–H and O–H groups in total. The van der Waals surface area contributed by atoms with Crippen molar-refractivity contribution in [3.05, 3.63) is 46.0 Å². The van der Waals surface area contributed by atoms with E-state index in [-0.39, 0.29) is 18.0 Å². The van der Waals surface area contributed by atoms with Gasteiger partial charge in [-0.15, -0.1) is 0 Å². The number of nitrogens with zero attached hydrogens (tertiary/aromatic N) is 5. The Morgan fingerprint density at radius 3 is 2.96 bits per heavy atom. The second-order valence-corrected chi connectivity index (χ2v) is 6.17. The summed E-state index contributed by atoms with van der Waals surface area (Å²) in [6.45, 7) is 2.13. The number of carbonyl (C=O) groups is 1. The van der Waals surface area contributed by atoms with Crippen LogP contribution in [-0.4, -0.2) is 36.6 Å². The third-order valence-electron chi connectivity index (χ3n) is 3.14. The van der Waals surface area contributed by atoms with E-state index in [1.807, 2.05) is 0 Å². The summed E-state index contributed by atoms with van der Waals surface area (Å²) in [5, 5.41) is 7.93. The number of pyridine rings is 1. The summed E-state index contributed by atoms with van der Waals surface area (Å²) in [4.78, 5) is 32.0. The van der Waals surface area contributed by atoms with Crippen molar-refractivity contribution in [2.75, 3.05) is 6.54 Å². The fourth-order valence-corrected chi connectivity index (χ4v) is 2.87. The average molecular weight is 377 g/mol. The summed E-state index contributed by atoms with van der Waals surface area (Å²) in [5.74, 6) is 0.0794. The molecule has 3 rings (SSSR count). The van der Waals surface area contributed by atoms with Gasteiger partial charge in [-0.1, -0.05) is 11.6 Å². The zero-order valence-corrected chi connectivity index (χ0v) is 14.7. The number of hydrogen-bond donors (Lipinski definition) is 1. The molecule has 0 fully saturated rings. The van der Waals surface area contributed by atoms with Gasteiger partial charge in [0.05, 0.1) is 5.02 Å². The van der Waals surface area contributed by atoms with Crippen molar-refractivity contribution in [2.45, 2.75) is 13.5 Å². The number of rotatable bonds is 5. The molecule has 0 aromatic carbocycles. The molecule has 0 atom stereocenters. The maximum atomic E-state index is 11.9. The molecular weight excluding hydrogens is 364 g/mol. The fourth-order valence-electron chi connectivity index (χ4n) is 2.04. The second kappa shape index (κ2) is 7.49. The molecule has 1 amide bonds. The van der Waals surface area contributed by atoms with Crippen molar-refractivity contribution in [2.24, 2.45) is 0 Å². The van der Waals surface area contributed by atoms with Gasteiger partial charge in [-0.2, -0.15) is 9.47 Å². The monoisotopic (exact) mass is 376 g/mol. The Balaban J connectivity index is 1.90. The van der Waals surface area contributed by atoms with Crippen LogP contribution < -0.4 is 10.9 Å². The quantitative estimate of drug-likeness (QED) is 0.725. The molecule has 0 saturated carbocycles. The van der Waals surface area contributed by atoms with E-state index >= 15 is 0 Å². The number of hydrogen-bond acceptors (Lipinski definition) is 7. The highest BCUT2D eigenvalue weighted by molar-refractivity contribution is 7.09. The van der Waals surface area contributed by atoms with Gasteiger partial charge in [-0.3, -0.25) is 14.6 Å². The van der Waals surface area contributed by atoms with E-state index in [1.165, 1.54) is 29.9 Å². The maximum absolute atomic E-state index is 11.9. The largest absolute Gasteiger partial charge is 0.355 e. The van der Waals surface area contributed by atoms with Crippen molar-refractivity contribution in [3.8, 4) is 22.1 Å². The van der Waals surface area contributed by atoms with E-state index in [0.29, 0.717) is 28.1 Å². The fraction of sp³-hybridized carbons (Fsp3) is 0.200. The van der Waals surface area contributed by atoms with E-state index in [0.717, 1.165) is 10.2 Å². The summed E-state index contributed by atoms with van der Waals surface area (Å²) in [6, 6.07) is 4.60. The van der Waals surface area contributed by atoms with Crippen LogP contribution in [0, 0.1) is 0 Å². The van der Waals surface area contributed by atoms with E-state index in [2.05, 4.69) is 24.8 Å². The van der Waals surface area contributed by atoms with Gasteiger partial charge in [0.1, 0.15) is 17.2 Å². The minimum atomic E-state index is -0.371. The highest BCUT2D eigenvalue weighted by atomic mass is 35.5. The van der Waals surface area contributed by atoms with Crippen molar-refractivity contribution in [1.82, 2.24) is 29.4 Å². The van der Waals surface area contributed by atoms with Gasteiger partial charge in [-0.05, 0) is 30.6 Å². The molecule has 25 heavy (non-hydrogen) atoms. The van der Waals surface area contributed by atoms with Crippen LogP contribution in [-0.2, 0) is 11.3 Å². The van der Waals surface area contributed by atoms with E-state index in [9.17, 15) is 9.59 Å². The summed E-state index contributed by atoms with van der Waals surface area (Å²) < 4.78 is 5.35. The van der Waals surface area contributed by atoms with Crippen LogP contribution >= 0.6 is 23.1 Å². The van der Waals surface area contributed by atoms with Gasteiger partial charge in [0, 0.05) is 30.6 Å². The number of nitrogens with one attached hydrogen (secondary N) is 1. The van der Waals surface area contributed by atoms with Crippen molar-refractivity contribution >= 4 is 29.0 Å². The van der Waals surface area contributed by atoms with Gasteiger partial charge in [-0.25, -0.2) is 9.67 Å². The molecule has 0 aliphatic rings. The molecule has 0 saturated heterocycles. The summed E-state index contributed by atoms with van der Waals surface area (Å²) in [5.41, 5.74) is 0.776. The van der Waals surface area contributed by atoms with Gasteiger partial charge in [0.2, 0.25) is 5.91 Å². The molecule has 3 aromatic heterocycles. The predicted octanol–water partition coefficient (Wildman–Crippen LogP) is 1.61. The lowest BCUT2D eigenvalue weighted by Crippen LogP contribution is -2.33. The average Bonchev–Trinajstić information content (AvgIpc) is 3.07. The Hall–Kier alpha value is -2.65. The van der Waals surface area contributed by atoms with Crippen LogP contribution in [0.25, 0.3) is 22.1 Å². The molecule has 8 nitrogen and oxygen atoms in total. The SMILES string of the molecule is CCNC(=O)Cn1nc(-c2nsc(-c3cncc(Cl)c3)n2)ccc1=O. The molecule has 0 bridgehead atoms. The Morgan fingerprint density at radius 1 is 1.36 bits per heavy atom. The normalized spacial score (nSPS) is 10.6. The standard InChI is InChI=1S/C15H13ClN6O2S/c1-2-18-12(23)8-22-13(24)4-3-11(20-22)14-19-15(25-21-14)9-5-10(16)7-17-6-9/h3-7H,2,8H2,1H3,(H,18,23). The third kappa shape index (κ3) is 4.06. The lowest BCUT2D eigenvalue weighted by Gasteiger charge is -2.05. The molecule has 0 aliphatic heterocycles.